The van der Waals surface area contributed by atoms with E-state index in [4.69, 9.17) is 0 Å². The van der Waals surface area contributed by atoms with E-state index >= 15 is 0 Å². The van der Waals surface area contributed by atoms with Crippen LogP contribution in [0.2, 0.25) is 0 Å². The van der Waals surface area contributed by atoms with Gasteiger partial charge >= 0.3 is 0 Å². The Morgan fingerprint density at radius 2 is 1.97 bits per heavy atom. The number of Topliss-reactive ketones (excluding diaryl/α,β-unsaturated/α-hetero) is 1. The van der Waals surface area contributed by atoms with Crippen LogP contribution in [-0.4, -0.2) is 51.7 Å². The number of likely N-dealkylation sites (N-methyl/N-ethyl adjacent to an activating group) is 1. The number of rotatable bonds is 10. The molecule has 1 amide bonds. The quantitative estimate of drug-likeness (QED) is 0.374. The van der Waals surface area contributed by atoms with Gasteiger partial charge in [0, 0.05) is 28.9 Å². The lowest BCUT2D eigenvalue weighted by Gasteiger charge is -2.33. The monoisotopic (exact) mass is 492 g/mol. The maximum absolute atomic E-state index is 12.5. The van der Waals surface area contributed by atoms with Crippen LogP contribution < -0.4 is 10.2 Å². The summed E-state index contributed by atoms with van der Waals surface area (Å²) in [5.41, 5.74) is 4.89. The Bertz CT molecular complexity index is 1090. The first-order valence-corrected chi connectivity index (χ1v) is 12.6. The summed E-state index contributed by atoms with van der Waals surface area (Å²) in [6, 6.07) is 7.59. The van der Waals surface area contributed by atoms with E-state index in [2.05, 4.69) is 67.8 Å². The molecule has 2 aliphatic rings. The largest absolute Gasteiger partial charge is 0.377 e. The van der Waals surface area contributed by atoms with E-state index in [1.54, 1.807) is 29.7 Å². The zero-order valence-electron chi connectivity index (χ0n) is 21.4. The Morgan fingerprint density at radius 1 is 1.31 bits per heavy atom. The smallest absolute Gasteiger partial charge is 0.211 e. The van der Waals surface area contributed by atoms with Gasteiger partial charge in [0.05, 0.1) is 23.7 Å². The summed E-state index contributed by atoms with van der Waals surface area (Å²) in [6.45, 7) is 20.0. The highest BCUT2D eigenvalue weighted by molar-refractivity contribution is 8.00. The molecule has 2 heterocycles. The maximum atomic E-state index is 12.5. The Morgan fingerprint density at radius 3 is 2.54 bits per heavy atom. The van der Waals surface area contributed by atoms with E-state index in [0.717, 1.165) is 34.9 Å². The molecule has 2 aliphatic heterocycles. The van der Waals surface area contributed by atoms with Gasteiger partial charge in [-0.15, -0.1) is 11.8 Å². The summed E-state index contributed by atoms with van der Waals surface area (Å²) >= 11 is 1.71. The number of hydrogen-bond acceptors (Lipinski definition) is 6. The molecule has 6 nitrogen and oxygen atoms in total. The van der Waals surface area contributed by atoms with Crippen molar-refractivity contribution in [3.8, 4) is 0 Å². The van der Waals surface area contributed by atoms with Crippen LogP contribution in [0.5, 0.6) is 0 Å². The normalized spacial score (nSPS) is 20.5. The van der Waals surface area contributed by atoms with Crippen molar-refractivity contribution in [2.24, 2.45) is 0 Å². The third-order valence-electron chi connectivity index (χ3n) is 6.63. The van der Waals surface area contributed by atoms with Gasteiger partial charge in [-0.25, -0.2) is 0 Å². The SMILES string of the molecule is C=C/C=C\C1=C(C)N(c2ccc(CC(NC(=C)[C@H]3N(C=O)CSC3(C)C)C(C)=O)cc2)C(=C)N1C. The Hall–Kier alpha value is -3.19. The fourth-order valence-electron chi connectivity index (χ4n) is 4.69. The Balaban J connectivity index is 1.76. The molecule has 1 fully saturated rings. The molecule has 1 aromatic rings. The number of allylic oxidation sites excluding steroid dienone is 4. The molecule has 1 saturated heterocycles. The van der Waals surface area contributed by atoms with Gasteiger partial charge < -0.3 is 15.1 Å². The van der Waals surface area contributed by atoms with E-state index in [1.807, 2.05) is 31.3 Å². The number of hydrogen-bond donors (Lipinski definition) is 1. The van der Waals surface area contributed by atoms with Crippen LogP contribution in [0, 0.1) is 0 Å². The number of anilines is 1. The number of ketones is 1. The zero-order valence-corrected chi connectivity index (χ0v) is 22.2. The first-order valence-electron chi connectivity index (χ1n) is 11.6. The van der Waals surface area contributed by atoms with Crippen molar-refractivity contribution in [2.45, 2.75) is 50.9 Å². The lowest BCUT2D eigenvalue weighted by atomic mass is 9.97. The minimum absolute atomic E-state index is 0.0308. The van der Waals surface area contributed by atoms with Crippen molar-refractivity contribution in [1.82, 2.24) is 15.1 Å². The molecule has 0 aromatic heterocycles. The fourth-order valence-corrected chi connectivity index (χ4v) is 5.82. The summed E-state index contributed by atoms with van der Waals surface area (Å²) in [6.07, 6.45) is 7.08. The van der Waals surface area contributed by atoms with Crippen molar-refractivity contribution in [1.29, 1.82) is 0 Å². The third kappa shape index (κ3) is 5.40. The molecule has 0 bridgehead atoms. The van der Waals surface area contributed by atoms with Crippen LogP contribution in [0.15, 0.2) is 85.1 Å². The zero-order chi connectivity index (χ0) is 25.9. The van der Waals surface area contributed by atoms with Gasteiger partial charge in [0.25, 0.3) is 0 Å². The minimum Gasteiger partial charge on any atom is -0.377 e. The van der Waals surface area contributed by atoms with Gasteiger partial charge in [0.1, 0.15) is 5.82 Å². The highest BCUT2D eigenvalue weighted by Crippen LogP contribution is 2.41. The molecule has 186 valence electrons. The van der Waals surface area contributed by atoms with E-state index < -0.39 is 6.04 Å². The lowest BCUT2D eigenvalue weighted by Crippen LogP contribution is -2.48. The average Bonchev–Trinajstić information content (AvgIpc) is 3.24. The Labute approximate surface area is 213 Å². The molecule has 35 heavy (non-hydrogen) atoms. The second-order valence-electron chi connectivity index (χ2n) is 9.48. The number of thioether (sulfide) groups is 1. The van der Waals surface area contributed by atoms with E-state index in [9.17, 15) is 9.59 Å². The second-order valence-corrected chi connectivity index (χ2v) is 11.1. The van der Waals surface area contributed by atoms with Gasteiger partial charge in [-0.2, -0.15) is 0 Å². The van der Waals surface area contributed by atoms with Crippen LogP contribution in [0.1, 0.15) is 33.3 Å². The van der Waals surface area contributed by atoms with E-state index in [0.29, 0.717) is 18.0 Å². The topological polar surface area (TPSA) is 55.9 Å². The summed E-state index contributed by atoms with van der Waals surface area (Å²) in [4.78, 5) is 29.9. The van der Waals surface area contributed by atoms with E-state index in [1.165, 1.54) is 0 Å². The van der Waals surface area contributed by atoms with Crippen molar-refractivity contribution < 1.29 is 9.59 Å². The molecule has 3 rings (SSSR count). The molecule has 1 aromatic carbocycles. The van der Waals surface area contributed by atoms with Crippen LogP contribution in [0.4, 0.5) is 5.69 Å². The van der Waals surface area contributed by atoms with Crippen molar-refractivity contribution in [2.75, 3.05) is 17.8 Å². The molecule has 7 heteroatoms. The average molecular weight is 493 g/mol. The standard InChI is InChI=1S/C28H36N4O2S/c1-9-10-11-26-20(3)32(22(5)30(26)8)24-14-12-23(13-15-24)16-25(21(4)34)29-19(2)27-28(6,7)35-18-31(27)17-33/h9-15,17,25,27,29H,1-2,5,16,18H2,3-4,6-8H3/b11-10-/t25?,27-/m1/s1. The van der Waals surface area contributed by atoms with Gasteiger partial charge in [-0.3, -0.25) is 14.5 Å². The number of carbonyl (C=O) groups excluding carboxylic acids is 2. The van der Waals surface area contributed by atoms with Crippen LogP contribution >= 0.6 is 11.8 Å². The highest BCUT2D eigenvalue weighted by Gasteiger charge is 2.43. The predicted molar refractivity (Wildman–Crippen MR) is 147 cm³/mol. The number of benzene rings is 1. The Kier molecular flexibility index (Phi) is 8.00. The highest BCUT2D eigenvalue weighted by atomic mass is 32.2. The predicted octanol–water partition coefficient (Wildman–Crippen LogP) is 4.80. The number of nitrogens with one attached hydrogen (secondary N) is 1. The maximum Gasteiger partial charge on any atom is 0.211 e. The second kappa shape index (κ2) is 10.6. The molecule has 0 spiro atoms. The lowest BCUT2D eigenvalue weighted by molar-refractivity contribution is -0.118. The first kappa shape index (κ1) is 26.4. The van der Waals surface area contributed by atoms with Crippen molar-refractivity contribution in [3.05, 3.63) is 90.7 Å². The third-order valence-corrected chi connectivity index (χ3v) is 8.02. The number of amides is 1. The van der Waals surface area contributed by atoms with Crippen LogP contribution in [0.25, 0.3) is 0 Å². The molecular formula is C28H36N4O2S. The van der Waals surface area contributed by atoms with Gasteiger partial charge in [-0.1, -0.05) is 44.0 Å². The van der Waals surface area contributed by atoms with Crippen molar-refractivity contribution >= 4 is 29.6 Å². The van der Waals surface area contributed by atoms with Crippen molar-refractivity contribution in [3.63, 3.8) is 0 Å². The molecule has 0 radical (unpaired) electrons. The summed E-state index contributed by atoms with van der Waals surface area (Å²) in [5.74, 6) is 1.52. The van der Waals surface area contributed by atoms with Crippen LogP contribution in [-0.2, 0) is 16.0 Å². The fraction of sp³-hybridized carbons (Fsp3) is 0.357. The number of nitrogens with zero attached hydrogens (tertiary/aromatic N) is 3. The summed E-state index contributed by atoms with van der Waals surface area (Å²) in [5, 5.41) is 3.33. The molecule has 2 atom stereocenters. The molecule has 1 unspecified atom stereocenters. The molecular weight excluding hydrogens is 456 g/mol. The van der Waals surface area contributed by atoms with Gasteiger partial charge in [0.15, 0.2) is 5.78 Å². The summed E-state index contributed by atoms with van der Waals surface area (Å²) < 4.78 is -0.176. The molecule has 0 saturated carbocycles. The molecule has 0 aliphatic carbocycles. The van der Waals surface area contributed by atoms with E-state index in [-0.39, 0.29) is 16.6 Å². The first-order chi connectivity index (χ1) is 16.5. The molecule has 1 N–H and O–H groups in total. The van der Waals surface area contributed by atoms with Crippen LogP contribution in [0.3, 0.4) is 0 Å². The summed E-state index contributed by atoms with van der Waals surface area (Å²) in [7, 11) is 1.99. The van der Waals surface area contributed by atoms with Gasteiger partial charge in [0.2, 0.25) is 6.41 Å². The minimum atomic E-state index is -0.423. The van der Waals surface area contributed by atoms with Gasteiger partial charge in [-0.05, 0) is 57.9 Å². The number of carbonyl (C=O) groups is 2.